The van der Waals surface area contributed by atoms with Gasteiger partial charge in [-0.1, -0.05) is 153 Å². The fourth-order valence-corrected chi connectivity index (χ4v) is 11.5. The van der Waals surface area contributed by atoms with Gasteiger partial charge in [-0.05, 0) is 152 Å². The van der Waals surface area contributed by atoms with E-state index in [-0.39, 0.29) is 5.41 Å². The van der Waals surface area contributed by atoms with E-state index in [1.807, 2.05) is 0 Å². The minimum Gasteiger partial charge on any atom is -0.310 e. The van der Waals surface area contributed by atoms with Crippen molar-refractivity contribution in [3.63, 3.8) is 0 Å². The molecule has 0 aliphatic carbocycles. The van der Waals surface area contributed by atoms with Gasteiger partial charge in [-0.2, -0.15) is 0 Å². The Morgan fingerprint density at radius 1 is 0.279 bits per heavy atom. The van der Waals surface area contributed by atoms with Crippen LogP contribution in [0.25, 0.3) is 98.8 Å². The van der Waals surface area contributed by atoms with Crippen molar-refractivity contribution in [2.24, 2.45) is 0 Å². The molecule has 0 bridgehead atoms. The van der Waals surface area contributed by atoms with Crippen molar-refractivity contribution >= 4 is 82.2 Å². The molecule has 1 aliphatic heterocycles. The normalized spacial score (nSPS) is 13.2. The van der Waals surface area contributed by atoms with E-state index in [9.17, 15) is 0 Å². The predicted octanol–water partition coefficient (Wildman–Crippen LogP) is 17.6. The van der Waals surface area contributed by atoms with Gasteiger partial charge in [0.1, 0.15) is 0 Å². The molecule has 68 heavy (non-hydrogen) atoms. The van der Waals surface area contributed by atoms with E-state index >= 15 is 0 Å². The van der Waals surface area contributed by atoms with Crippen LogP contribution in [-0.2, 0) is 5.41 Å². The molecule has 0 saturated heterocycles. The SMILES string of the molecule is CC1(C)c2cc(-c3ccc4c(c3)c3ccccc3n4-c3ccccc3)ccc2N(c2ccc3c(ccc4ccccc43)c2)c2ccc(-c3ccc4c(c3)c3ccccc3n4-c3ccccc3)cc21. The molecule has 13 aromatic rings. The van der Waals surface area contributed by atoms with E-state index in [2.05, 4.69) is 264 Å². The van der Waals surface area contributed by atoms with Gasteiger partial charge >= 0.3 is 0 Å². The van der Waals surface area contributed by atoms with Crippen molar-refractivity contribution in [3.05, 3.63) is 248 Å². The molecule has 0 atom stereocenters. The maximum atomic E-state index is 2.51. The first kappa shape index (κ1) is 38.6. The van der Waals surface area contributed by atoms with Crippen LogP contribution in [0.5, 0.6) is 0 Å². The number of aromatic nitrogens is 2. The van der Waals surface area contributed by atoms with Gasteiger partial charge < -0.3 is 14.0 Å². The summed E-state index contributed by atoms with van der Waals surface area (Å²) in [6.45, 7) is 4.82. The Hall–Kier alpha value is -8.66. The molecule has 2 aromatic heterocycles. The van der Waals surface area contributed by atoms with Gasteiger partial charge in [0.15, 0.2) is 0 Å². The summed E-state index contributed by atoms with van der Waals surface area (Å²) in [5.41, 5.74) is 17.8. The third-order valence-electron chi connectivity index (χ3n) is 14.8. The first-order valence-corrected chi connectivity index (χ1v) is 23.7. The number of fused-ring (bicyclic) bond motifs is 11. The second-order valence-corrected chi connectivity index (χ2v) is 19.0. The van der Waals surface area contributed by atoms with Crippen LogP contribution in [0.15, 0.2) is 237 Å². The summed E-state index contributed by atoms with van der Waals surface area (Å²) < 4.78 is 4.78. The Balaban J connectivity index is 0.951. The topological polar surface area (TPSA) is 13.1 Å². The van der Waals surface area contributed by atoms with Gasteiger partial charge in [0.05, 0.1) is 33.4 Å². The molecule has 0 unspecified atom stereocenters. The largest absolute Gasteiger partial charge is 0.310 e. The Morgan fingerprint density at radius 2 is 0.706 bits per heavy atom. The van der Waals surface area contributed by atoms with E-state index < -0.39 is 0 Å². The first-order chi connectivity index (χ1) is 33.5. The summed E-state index contributed by atoms with van der Waals surface area (Å²) in [4.78, 5) is 2.51. The molecule has 0 radical (unpaired) electrons. The molecule has 3 nitrogen and oxygen atoms in total. The number of hydrogen-bond donors (Lipinski definition) is 0. The van der Waals surface area contributed by atoms with Crippen LogP contribution in [0.4, 0.5) is 17.1 Å². The van der Waals surface area contributed by atoms with Gasteiger partial charge in [0, 0.05) is 44.0 Å². The molecule has 0 N–H and O–H groups in total. The summed E-state index contributed by atoms with van der Waals surface area (Å²) in [7, 11) is 0. The highest BCUT2D eigenvalue weighted by molar-refractivity contribution is 6.12. The lowest BCUT2D eigenvalue weighted by atomic mass is 9.72. The van der Waals surface area contributed by atoms with Gasteiger partial charge in [0.25, 0.3) is 0 Å². The van der Waals surface area contributed by atoms with Crippen LogP contribution in [0.3, 0.4) is 0 Å². The number of hydrogen-bond acceptors (Lipinski definition) is 1. The second kappa shape index (κ2) is 14.7. The van der Waals surface area contributed by atoms with Crippen molar-refractivity contribution < 1.29 is 0 Å². The van der Waals surface area contributed by atoms with Gasteiger partial charge in [0.2, 0.25) is 0 Å². The van der Waals surface area contributed by atoms with E-state index in [4.69, 9.17) is 0 Å². The highest BCUT2D eigenvalue weighted by atomic mass is 15.2. The average Bonchev–Trinajstić information content (AvgIpc) is 3.91. The Morgan fingerprint density at radius 3 is 1.26 bits per heavy atom. The van der Waals surface area contributed by atoms with Crippen LogP contribution in [0, 0.1) is 0 Å². The molecule has 320 valence electrons. The average molecular weight is 868 g/mol. The summed E-state index contributed by atoms with van der Waals surface area (Å²) in [6, 6.07) is 87.6. The summed E-state index contributed by atoms with van der Waals surface area (Å²) in [5, 5.41) is 10.0. The smallest absolute Gasteiger partial charge is 0.0541 e. The molecule has 0 saturated carbocycles. The minimum atomic E-state index is -0.332. The lowest BCUT2D eigenvalue weighted by molar-refractivity contribution is 0.632. The van der Waals surface area contributed by atoms with Crippen LogP contribution >= 0.6 is 0 Å². The number of anilines is 3. The Labute approximate surface area is 395 Å². The number of benzene rings is 11. The van der Waals surface area contributed by atoms with Crippen LogP contribution in [0.1, 0.15) is 25.0 Å². The van der Waals surface area contributed by atoms with Crippen molar-refractivity contribution in [2.75, 3.05) is 4.90 Å². The lowest BCUT2D eigenvalue weighted by Gasteiger charge is -2.42. The predicted molar refractivity (Wildman–Crippen MR) is 288 cm³/mol. The second-order valence-electron chi connectivity index (χ2n) is 19.0. The van der Waals surface area contributed by atoms with Gasteiger partial charge in [-0.15, -0.1) is 0 Å². The molecule has 3 heterocycles. The fraction of sp³-hybridized carbons (Fsp3) is 0.0462. The third kappa shape index (κ3) is 5.72. The standard InChI is InChI=1S/C65H45N3/c1-65(2)57-40-45(43-27-33-61-55(38-43)53-21-11-13-23-59(53)66(61)48-16-5-3-6-17-48)29-35-63(57)68(50-31-32-52-47(37-50)26-25-42-15-9-10-20-51(42)52)64-36-30-46(41-58(64)65)44-28-34-62-56(39-44)54-22-12-14-24-60(54)67(62)49-18-7-4-8-19-49/h3-41H,1-2H3. The molecular weight excluding hydrogens is 823 g/mol. The van der Waals surface area contributed by atoms with Crippen LogP contribution in [0.2, 0.25) is 0 Å². The van der Waals surface area contributed by atoms with Crippen molar-refractivity contribution in [2.45, 2.75) is 19.3 Å². The quantitative estimate of drug-likeness (QED) is 0.157. The zero-order chi connectivity index (χ0) is 45.1. The monoisotopic (exact) mass is 867 g/mol. The highest BCUT2D eigenvalue weighted by Crippen LogP contribution is 2.54. The number of nitrogens with zero attached hydrogens (tertiary/aromatic N) is 3. The molecule has 1 aliphatic rings. The van der Waals surface area contributed by atoms with Crippen LogP contribution < -0.4 is 4.90 Å². The molecule has 0 fully saturated rings. The van der Waals surface area contributed by atoms with Gasteiger partial charge in [-0.25, -0.2) is 0 Å². The molecule has 3 heteroatoms. The maximum Gasteiger partial charge on any atom is 0.0541 e. The molecule has 14 rings (SSSR count). The van der Waals surface area contributed by atoms with Crippen LogP contribution in [-0.4, -0.2) is 9.13 Å². The Bertz CT molecular complexity index is 3960. The molecule has 11 aromatic carbocycles. The molecule has 0 amide bonds. The lowest BCUT2D eigenvalue weighted by Crippen LogP contribution is -2.30. The number of para-hydroxylation sites is 4. The summed E-state index contributed by atoms with van der Waals surface area (Å²) in [6.07, 6.45) is 0. The highest BCUT2D eigenvalue weighted by Gasteiger charge is 2.38. The first-order valence-electron chi connectivity index (χ1n) is 23.7. The maximum absolute atomic E-state index is 2.51. The van der Waals surface area contributed by atoms with Crippen molar-refractivity contribution in [3.8, 4) is 33.6 Å². The fourth-order valence-electron chi connectivity index (χ4n) is 11.5. The summed E-state index contributed by atoms with van der Waals surface area (Å²) >= 11 is 0. The third-order valence-corrected chi connectivity index (χ3v) is 14.8. The Kier molecular flexibility index (Phi) is 8.33. The van der Waals surface area contributed by atoms with Crippen molar-refractivity contribution in [1.29, 1.82) is 0 Å². The van der Waals surface area contributed by atoms with Crippen molar-refractivity contribution in [1.82, 2.24) is 9.13 Å². The van der Waals surface area contributed by atoms with E-state index in [0.717, 1.165) is 5.69 Å². The molecular formula is C65H45N3. The van der Waals surface area contributed by atoms with E-state index in [1.165, 1.54) is 121 Å². The van der Waals surface area contributed by atoms with E-state index in [1.54, 1.807) is 0 Å². The van der Waals surface area contributed by atoms with E-state index in [0.29, 0.717) is 0 Å². The molecule has 0 spiro atoms. The summed E-state index contributed by atoms with van der Waals surface area (Å²) in [5.74, 6) is 0. The van der Waals surface area contributed by atoms with Gasteiger partial charge in [-0.3, -0.25) is 0 Å². The minimum absolute atomic E-state index is 0.332. The number of rotatable bonds is 5. The zero-order valence-corrected chi connectivity index (χ0v) is 37.9. The zero-order valence-electron chi connectivity index (χ0n) is 37.9.